The van der Waals surface area contributed by atoms with Crippen LogP contribution in [0, 0.1) is 26.6 Å². The quantitative estimate of drug-likeness (QED) is 0.925. The molecule has 0 fully saturated rings. The minimum absolute atomic E-state index is 0.120. The lowest BCUT2D eigenvalue weighted by Crippen LogP contribution is -2.16. The zero-order chi connectivity index (χ0) is 14.0. The maximum absolute atomic E-state index is 13.5. The van der Waals surface area contributed by atoms with E-state index >= 15 is 0 Å². The van der Waals surface area contributed by atoms with Crippen molar-refractivity contribution in [3.05, 3.63) is 46.6 Å². The average molecular weight is 262 g/mol. The molecule has 0 atom stereocenters. The van der Waals surface area contributed by atoms with Crippen molar-refractivity contribution in [3.63, 3.8) is 0 Å². The van der Waals surface area contributed by atoms with Crippen LogP contribution in [0.15, 0.2) is 22.7 Å². The summed E-state index contributed by atoms with van der Waals surface area (Å²) >= 11 is 0. The Bertz CT molecular complexity index is 600. The van der Waals surface area contributed by atoms with E-state index in [4.69, 9.17) is 4.52 Å². The highest BCUT2D eigenvalue weighted by molar-refractivity contribution is 5.92. The van der Waals surface area contributed by atoms with Crippen LogP contribution in [0.1, 0.15) is 22.6 Å². The average Bonchev–Trinajstić information content (AvgIpc) is 2.65. The molecule has 0 radical (unpaired) electrons. The molecular weight excluding hydrogens is 247 g/mol. The summed E-state index contributed by atoms with van der Waals surface area (Å²) in [4.78, 5) is 11.9. The fourth-order valence-corrected chi connectivity index (χ4v) is 1.84. The summed E-state index contributed by atoms with van der Waals surface area (Å²) in [5.74, 6) is -0.131. The van der Waals surface area contributed by atoms with Crippen molar-refractivity contribution in [2.24, 2.45) is 0 Å². The Hall–Kier alpha value is -2.17. The van der Waals surface area contributed by atoms with Crippen LogP contribution in [0.3, 0.4) is 0 Å². The van der Waals surface area contributed by atoms with Gasteiger partial charge in [-0.05, 0) is 38.5 Å². The SMILES string of the molecule is Cc1ccc(F)c(NC(=O)Cc2c(C)noc2C)c1. The third kappa shape index (κ3) is 2.99. The molecule has 0 aliphatic heterocycles. The highest BCUT2D eigenvalue weighted by atomic mass is 19.1. The molecule has 1 aromatic carbocycles. The summed E-state index contributed by atoms with van der Waals surface area (Å²) < 4.78 is 18.5. The Kier molecular flexibility index (Phi) is 3.64. The van der Waals surface area contributed by atoms with Crippen molar-refractivity contribution < 1.29 is 13.7 Å². The highest BCUT2D eigenvalue weighted by Gasteiger charge is 2.14. The second-order valence-corrected chi connectivity index (χ2v) is 4.51. The molecule has 100 valence electrons. The molecule has 1 N–H and O–H groups in total. The van der Waals surface area contributed by atoms with Crippen LogP contribution in [0.2, 0.25) is 0 Å². The summed E-state index contributed by atoms with van der Waals surface area (Å²) in [6.45, 7) is 5.35. The van der Waals surface area contributed by atoms with E-state index in [1.54, 1.807) is 26.0 Å². The molecule has 1 aromatic heterocycles. The Labute approximate surface area is 110 Å². The molecule has 1 heterocycles. The van der Waals surface area contributed by atoms with Crippen molar-refractivity contribution in [2.45, 2.75) is 27.2 Å². The molecule has 0 aliphatic rings. The lowest BCUT2D eigenvalue weighted by Gasteiger charge is -2.07. The zero-order valence-electron chi connectivity index (χ0n) is 11.1. The maximum Gasteiger partial charge on any atom is 0.229 e. The number of nitrogens with zero attached hydrogens (tertiary/aromatic N) is 1. The summed E-state index contributed by atoms with van der Waals surface area (Å²) in [5, 5.41) is 6.34. The predicted octanol–water partition coefficient (Wildman–Crippen LogP) is 2.92. The summed E-state index contributed by atoms with van der Waals surface area (Å²) in [5.41, 5.74) is 2.49. The minimum Gasteiger partial charge on any atom is -0.361 e. The van der Waals surface area contributed by atoms with Crippen molar-refractivity contribution >= 4 is 11.6 Å². The largest absolute Gasteiger partial charge is 0.361 e. The van der Waals surface area contributed by atoms with Crippen LogP contribution >= 0.6 is 0 Å². The maximum atomic E-state index is 13.5. The first-order valence-electron chi connectivity index (χ1n) is 5.95. The Morgan fingerprint density at radius 1 is 1.37 bits per heavy atom. The third-order valence-corrected chi connectivity index (χ3v) is 2.91. The van der Waals surface area contributed by atoms with Gasteiger partial charge in [0.15, 0.2) is 0 Å². The van der Waals surface area contributed by atoms with Gasteiger partial charge in [-0.2, -0.15) is 0 Å². The Morgan fingerprint density at radius 2 is 2.11 bits per heavy atom. The van der Waals surface area contributed by atoms with Gasteiger partial charge in [-0.15, -0.1) is 0 Å². The molecule has 0 saturated carbocycles. The fourth-order valence-electron chi connectivity index (χ4n) is 1.84. The van der Waals surface area contributed by atoms with Gasteiger partial charge < -0.3 is 9.84 Å². The predicted molar refractivity (Wildman–Crippen MR) is 69.4 cm³/mol. The van der Waals surface area contributed by atoms with Crippen molar-refractivity contribution in [2.75, 3.05) is 5.32 Å². The van der Waals surface area contributed by atoms with Gasteiger partial charge in [0.2, 0.25) is 5.91 Å². The van der Waals surface area contributed by atoms with Gasteiger partial charge in [0, 0.05) is 5.56 Å². The number of aromatic nitrogens is 1. The first kappa shape index (κ1) is 13.3. The molecule has 0 bridgehead atoms. The number of carbonyl (C=O) groups excluding carboxylic acids is 1. The van der Waals surface area contributed by atoms with E-state index in [0.29, 0.717) is 11.5 Å². The fraction of sp³-hybridized carbons (Fsp3) is 0.286. The normalized spacial score (nSPS) is 10.5. The molecule has 5 heteroatoms. The van der Waals surface area contributed by atoms with E-state index in [-0.39, 0.29) is 18.0 Å². The Morgan fingerprint density at radius 3 is 2.74 bits per heavy atom. The molecule has 1 amide bonds. The van der Waals surface area contributed by atoms with Gasteiger partial charge in [0.25, 0.3) is 0 Å². The van der Waals surface area contributed by atoms with Crippen molar-refractivity contribution in [3.8, 4) is 0 Å². The molecule has 19 heavy (non-hydrogen) atoms. The smallest absolute Gasteiger partial charge is 0.229 e. The number of hydrogen-bond donors (Lipinski definition) is 1. The van der Waals surface area contributed by atoms with E-state index in [1.807, 2.05) is 6.92 Å². The topological polar surface area (TPSA) is 55.1 Å². The number of halogens is 1. The van der Waals surface area contributed by atoms with E-state index < -0.39 is 5.82 Å². The van der Waals surface area contributed by atoms with Gasteiger partial charge in [0.05, 0.1) is 17.8 Å². The first-order chi connectivity index (χ1) is 8.97. The number of nitrogens with one attached hydrogen (secondary N) is 1. The number of amides is 1. The number of anilines is 1. The molecule has 4 nitrogen and oxygen atoms in total. The summed E-state index contributed by atoms with van der Waals surface area (Å²) in [7, 11) is 0. The number of hydrogen-bond acceptors (Lipinski definition) is 3. The number of carbonyl (C=O) groups is 1. The van der Waals surface area contributed by atoms with Gasteiger partial charge in [-0.1, -0.05) is 11.2 Å². The molecule has 0 unspecified atom stereocenters. The van der Waals surface area contributed by atoms with Crippen LogP contribution in [-0.2, 0) is 11.2 Å². The van der Waals surface area contributed by atoms with E-state index in [0.717, 1.165) is 11.1 Å². The number of rotatable bonds is 3. The lowest BCUT2D eigenvalue weighted by atomic mass is 10.1. The van der Waals surface area contributed by atoms with E-state index in [2.05, 4.69) is 10.5 Å². The molecular formula is C14H15FN2O2. The van der Waals surface area contributed by atoms with E-state index in [9.17, 15) is 9.18 Å². The van der Waals surface area contributed by atoms with Crippen LogP contribution in [0.4, 0.5) is 10.1 Å². The monoisotopic (exact) mass is 262 g/mol. The first-order valence-corrected chi connectivity index (χ1v) is 5.95. The van der Waals surface area contributed by atoms with Crippen LogP contribution in [0.25, 0.3) is 0 Å². The van der Waals surface area contributed by atoms with Gasteiger partial charge in [0.1, 0.15) is 11.6 Å². The molecule has 0 saturated heterocycles. The standard InChI is InChI=1S/C14H15FN2O2/c1-8-4-5-12(15)13(6-8)16-14(18)7-11-9(2)17-19-10(11)3/h4-6H,7H2,1-3H3,(H,16,18). The molecule has 2 aromatic rings. The lowest BCUT2D eigenvalue weighted by molar-refractivity contribution is -0.115. The Balaban J connectivity index is 2.12. The van der Waals surface area contributed by atoms with Crippen molar-refractivity contribution in [1.29, 1.82) is 0 Å². The van der Waals surface area contributed by atoms with Crippen LogP contribution < -0.4 is 5.32 Å². The molecule has 0 spiro atoms. The van der Waals surface area contributed by atoms with E-state index in [1.165, 1.54) is 6.07 Å². The second kappa shape index (κ2) is 5.22. The molecule has 0 aliphatic carbocycles. The zero-order valence-corrected chi connectivity index (χ0v) is 11.1. The minimum atomic E-state index is -0.447. The molecule has 2 rings (SSSR count). The number of aryl methyl sites for hydroxylation is 3. The van der Waals surface area contributed by atoms with Gasteiger partial charge in [-0.3, -0.25) is 4.79 Å². The third-order valence-electron chi connectivity index (χ3n) is 2.91. The highest BCUT2D eigenvalue weighted by Crippen LogP contribution is 2.17. The summed E-state index contributed by atoms with van der Waals surface area (Å²) in [6, 6.07) is 4.58. The van der Waals surface area contributed by atoms with Crippen LogP contribution in [-0.4, -0.2) is 11.1 Å². The van der Waals surface area contributed by atoms with Gasteiger partial charge >= 0.3 is 0 Å². The second-order valence-electron chi connectivity index (χ2n) is 4.51. The van der Waals surface area contributed by atoms with Crippen LogP contribution in [0.5, 0.6) is 0 Å². The summed E-state index contributed by atoms with van der Waals surface area (Å²) in [6.07, 6.45) is 0.120. The number of benzene rings is 1. The van der Waals surface area contributed by atoms with Gasteiger partial charge in [-0.25, -0.2) is 4.39 Å². The van der Waals surface area contributed by atoms with Crippen molar-refractivity contribution in [1.82, 2.24) is 5.16 Å².